The maximum atomic E-state index is 14.0. The molecule has 1 amide bonds. The van der Waals surface area contributed by atoms with E-state index in [0.29, 0.717) is 12.1 Å². The van der Waals surface area contributed by atoms with Crippen molar-refractivity contribution in [3.63, 3.8) is 0 Å². The molecule has 0 radical (unpaired) electrons. The van der Waals surface area contributed by atoms with E-state index >= 15 is 0 Å². The van der Waals surface area contributed by atoms with Crippen LogP contribution in [0.5, 0.6) is 0 Å². The summed E-state index contributed by atoms with van der Waals surface area (Å²) in [6, 6.07) is 15.9. The van der Waals surface area contributed by atoms with Gasteiger partial charge in [0.2, 0.25) is 5.91 Å². The number of carbonyl (C=O) groups excluding carboxylic acids is 1. The van der Waals surface area contributed by atoms with Gasteiger partial charge in [0.05, 0.1) is 0 Å². The zero-order valence-electron chi connectivity index (χ0n) is 15.1. The molecule has 0 bridgehead atoms. The van der Waals surface area contributed by atoms with Crippen molar-refractivity contribution >= 4 is 11.6 Å². The lowest BCUT2D eigenvalue weighted by Crippen LogP contribution is -2.38. The van der Waals surface area contributed by atoms with Gasteiger partial charge in [-0.05, 0) is 38.7 Å². The van der Waals surface area contributed by atoms with Crippen molar-refractivity contribution in [1.82, 2.24) is 10.2 Å². The number of hydrogen-bond acceptors (Lipinski definition) is 3. The highest BCUT2D eigenvalue weighted by Crippen LogP contribution is 2.21. The van der Waals surface area contributed by atoms with Crippen molar-refractivity contribution in [2.45, 2.75) is 12.5 Å². The first-order valence-corrected chi connectivity index (χ1v) is 8.45. The van der Waals surface area contributed by atoms with Gasteiger partial charge in [0.15, 0.2) is 0 Å². The van der Waals surface area contributed by atoms with Crippen LogP contribution in [-0.4, -0.2) is 45.0 Å². The van der Waals surface area contributed by atoms with Crippen LogP contribution in [0.25, 0.3) is 0 Å². The van der Waals surface area contributed by atoms with Crippen LogP contribution in [0.2, 0.25) is 0 Å². The lowest BCUT2D eigenvalue weighted by molar-refractivity contribution is -0.125. The summed E-state index contributed by atoms with van der Waals surface area (Å²) in [6.07, 6.45) is 0.814. The largest absolute Gasteiger partial charge is 0.375 e. The summed E-state index contributed by atoms with van der Waals surface area (Å²) >= 11 is 0. The van der Waals surface area contributed by atoms with Crippen LogP contribution in [0.3, 0.4) is 0 Å². The average Bonchev–Trinajstić information content (AvgIpc) is 2.61. The number of likely N-dealkylation sites (N-methyl/N-ethyl adjacent to an activating group) is 1. The first kappa shape index (κ1) is 18.9. The van der Waals surface area contributed by atoms with Crippen LogP contribution in [0.1, 0.15) is 18.0 Å². The predicted octanol–water partition coefficient (Wildman–Crippen LogP) is 3.07. The smallest absolute Gasteiger partial charge is 0.242 e. The zero-order chi connectivity index (χ0) is 18.2. The molecule has 2 aromatic rings. The van der Waals surface area contributed by atoms with Gasteiger partial charge in [0.1, 0.15) is 11.9 Å². The van der Waals surface area contributed by atoms with Gasteiger partial charge in [0.25, 0.3) is 0 Å². The molecule has 0 fully saturated rings. The highest BCUT2D eigenvalue weighted by atomic mass is 19.1. The molecule has 4 nitrogen and oxygen atoms in total. The summed E-state index contributed by atoms with van der Waals surface area (Å²) in [5.74, 6) is -0.544. The number of nitrogens with zero attached hydrogens (tertiary/aromatic N) is 2. The third-order valence-corrected chi connectivity index (χ3v) is 4.13. The normalized spacial score (nSPS) is 12.0. The Kier molecular flexibility index (Phi) is 6.95. The van der Waals surface area contributed by atoms with Crippen molar-refractivity contribution in [1.29, 1.82) is 0 Å². The van der Waals surface area contributed by atoms with Crippen molar-refractivity contribution < 1.29 is 9.18 Å². The molecule has 2 aromatic carbocycles. The van der Waals surface area contributed by atoms with Gasteiger partial charge in [-0.15, -0.1) is 0 Å². The third kappa shape index (κ3) is 5.29. The standard InChI is InChI=1S/C20H26FN3O/c1-23(2)19(17-12-7-8-13-18(17)21)20(25)22-14-9-15-24(3)16-10-5-4-6-11-16/h4-8,10-13,19H,9,14-15H2,1-3H3,(H,22,25)/t19-/m0/s1. The molecule has 0 aliphatic rings. The summed E-state index contributed by atoms with van der Waals surface area (Å²) in [4.78, 5) is 16.4. The molecule has 5 heteroatoms. The molecule has 2 rings (SSSR count). The first-order chi connectivity index (χ1) is 12.0. The molecule has 0 aliphatic heterocycles. The Morgan fingerprint density at radius 1 is 1.04 bits per heavy atom. The number of halogens is 1. The van der Waals surface area contributed by atoms with Crippen LogP contribution in [0, 0.1) is 5.82 Å². The fourth-order valence-corrected chi connectivity index (χ4v) is 2.79. The number of nitrogens with one attached hydrogen (secondary N) is 1. The van der Waals surface area contributed by atoms with E-state index < -0.39 is 6.04 Å². The van der Waals surface area contributed by atoms with E-state index in [-0.39, 0.29) is 11.7 Å². The molecule has 0 heterocycles. The number of rotatable bonds is 8. The minimum atomic E-state index is -0.631. The average molecular weight is 343 g/mol. The molecule has 0 aliphatic carbocycles. The fourth-order valence-electron chi connectivity index (χ4n) is 2.79. The quantitative estimate of drug-likeness (QED) is 0.748. The number of para-hydroxylation sites is 1. The van der Waals surface area contributed by atoms with Gasteiger partial charge >= 0.3 is 0 Å². The van der Waals surface area contributed by atoms with Crippen LogP contribution in [-0.2, 0) is 4.79 Å². The summed E-state index contributed by atoms with van der Waals surface area (Å²) in [7, 11) is 5.58. The van der Waals surface area contributed by atoms with E-state index in [9.17, 15) is 9.18 Å². The van der Waals surface area contributed by atoms with Crippen molar-refractivity contribution in [3.05, 3.63) is 66.0 Å². The maximum Gasteiger partial charge on any atom is 0.242 e. The summed E-state index contributed by atoms with van der Waals surface area (Å²) in [5, 5.41) is 2.92. The Labute approximate surface area is 149 Å². The van der Waals surface area contributed by atoms with E-state index in [4.69, 9.17) is 0 Å². The second-order valence-electron chi connectivity index (χ2n) is 6.29. The Hall–Kier alpha value is -2.40. The molecule has 1 atom stereocenters. The van der Waals surface area contributed by atoms with Gasteiger partial charge in [-0.1, -0.05) is 36.4 Å². The molecule has 0 aromatic heterocycles. The minimum Gasteiger partial charge on any atom is -0.375 e. The lowest BCUT2D eigenvalue weighted by Gasteiger charge is -2.24. The number of benzene rings is 2. The highest BCUT2D eigenvalue weighted by molar-refractivity contribution is 5.83. The monoisotopic (exact) mass is 343 g/mol. The summed E-state index contributed by atoms with van der Waals surface area (Å²) < 4.78 is 14.0. The van der Waals surface area contributed by atoms with Gasteiger partial charge in [-0.2, -0.15) is 0 Å². The summed E-state index contributed by atoms with van der Waals surface area (Å²) in [5.41, 5.74) is 1.54. The second kappa shape index (κ2) is 9.18. The van der Waals surface area contributed by atoms with Crippen LogP contribution in [0.15, 0.2) is 54.6 Å². The molecule has 0 spiro atoms. The van der Waals surface area contributed by atoms with Crippen LogP contribution >= 0.6 is 0 Å². The Morgan fingerprint density at radius 3 is 2.32 bits per heavy atom. The van der Waals surface area contributed by atoms with Crippen LogP contribution < -0.4 is 10.2 Å². The minimum absolute atomic E-state index is 0.183. The van der Waals surface area contributed by atoms with Gasteiger partial charge < -0.3 is 10.2 Å². The summed E-state index contributed by atoms with van der Waals surface area (Å²) in [6.45, 7) is 1.38. The van der Waals surface area contributed by atoms with E-state index in [0.717, 1.165) is 18.7 Å². The highest BCUT2D eigenvalue weighted by Gasteiger charge is 2.25. The van der Waals surface area contributed by atoms with Crippen LogP contribution in [0.4, 0.5) is 10.1 Å². The number of amides is 1. The SMILES string of the molecule is CN(CCCNC(=O)[C@H](c1ccccc1F)N(C)C)c1ccccc1. The molecule has 0 unspecified atom stereocenters. The van der Waals surface area contributed by atoms with E-state index in [1.54, 1.807) is 37.2 Å². The predicted molar refractivity (Wildman–Crippen MR) is 100 cm³/mol. The molecule has 134 valence electrons. The Bertz CT molecular complexity index is 676. The van der Waals surface area contributed by atoms with Gasteiger partial charge in [0, 0.05) is 31.4 Å². The molecule has 1 N–H and O–H groups in total. The number of anilines is 1. The fraction of sp³-hybridized carbons (Fsp3) is 0.350. The van der Waals surface area contributed by atoms with Gasteiger partial charge in [-0.3, -0.25) is 9.69 Å². The molecular weight excluding hydrogens is 317 g/mol. The Morgan fingerprint density at radius 2 is 1.68 bits per heavy atom. The van der Waals surface area contributed by atoms with E-state index in [2.05, 4.69) is 22.3 Å². The van der Waals surface area contributed by atoms with E-state index in [1.165, 1.54) is 6.07 Å². The van der Waals surface area contributed by atoms with Crippen molar-refractivity contribution in [3.8, 4) is 0 Å². The number of hydrogen-bond donors (Lipinski definition) is 1. The van der Waals surface area contributed by atoms with Crippen molar-refractivity contribution in [2.75, 3.05) is 39.1 Å². The zero-order valence-corrected chi connectivity index (χ0v) is 15.1. The van der Waals surface area contributed by atoms with E-state index in [1.807, 2.05) is 25.2 Å². The number of carbonyl (C=O) groups is 1. The molecular formula is C20H26FN3O. The maximum absolute atomic E-state index is 14.0. The molecule has 0 saturated carbocycles. The second-order valence-corrected chi connectivity index (χ2v) is 6.29. The molecule has 25 heavy (non-hydrogen) atoms. The third-order valence-electron chi connectivity index (χ3n) is 4.13. The lowest BCUT2D eigenvalue weighted by atomic mass is 10.0. The van der Waals surface area contributed by atoms with Crippen molar-refractivity contribution in [2.24, 2.45) is 0 Å². The first-order valence-electron chi connectivity index (χ1n) is 8.45. The van der Waals surface area contributed by atoms with Gasteiger partial charge in [-0.25, -0.2) is 4.39 Å². The Balaban J connectivity index is 1.87. The topological polar surface area (TPSA) is 35.6 Å². The molecule has 0 saturated heterocycles.